The highest BCUT2D eigenvalue weighted by atomic mass is 19.1. The zero-order chi connectivity index (χ0) is 26.7. The minimum absolute atomic E-state index is 0.0580. The Morgan fingerprint density at radius 2 is 1.76 bits per heavy atom. The number of pyridine rings is 1. The van der Waals surface area contributed by atoms with Crippen LogP contribution in [-0.2, 0) is 10.2 Å². The lowest BCUT2D eigenvalue weighted by atomic mass is 9.66. The van der Waals surface area contributed by atoms with Crippen LogP contribution >= 0.6 is 0 Å². The van der Waals surface area contributed by atoms with Crippen LogP contribution in [-0.4, -0.2) is 37.6 Å². The second kappa shape index (κ2) is 8.61. The van der Waals surface area contributed by atoms with Crippen LogP contribution < -0.4 is 11.1 Å². The second-order valence-electron chi connectivity index (χ2n) is 10.4. The smallest absolute Gasteiger partial charge is 0.236 e. The highest BCUT2D eigenvalue weighted by molar-refractivity contribution is 5.78. The first-order chi connectivity index (χ1) is 18.2. The summed E-state index contributed by atoms with van der Waals surface area (Å²) < 4.78 is 29.0. The molecule has 3 heterocycles. The van der Waals surface area contributed by atoms with Crippen LogP contribution in [0.3, 0.4) is 0 Å². The van der Waals surface area contributed by atoms with Crippen LogP contribution in [0.5, 0.6) is 0 Å². The molecule has 0 unspecified atom stereocenters. The molecule has 2 bridgehead atoms. The topological polar surface area (TPSA) is 120 Å². The first-order valence-electron chi connectivity index (χ1n) is 12.4. The molecule has 1 amide bonds. The van der Waals surface area contributed by atoms with Gasteiger partial charge < -0.3 is 11.1 Å². The number of nitrogens with zero attached hydrogens (tertiary/aromatic N) is 5. The number of rotatable bonds is 6. The summed E-state index contributed by atoms with van der Waals surface area (Å²) in [5, 5.41) is 11.7. The zero-order valence-corrected chi connectivity index (χ0v) is 20.9. The van der Waals surface area contributed by atoms with Crippen molar-refractivity contribution in [2.75, 3.05) is 11.9 Å². The fourth-order valence-electron chi connectivity index (χ4n) is 6.31. The van der Waals surface area contributed by atoms with Crippen LogP contribution in [0.4, 0.5) is 14.7 Å². The van der Waals surface area contributed by atoms with Crippen LogP contribution in [0.2, 0.25) is 0 Å². The molecule has 3 N–H and O–H groups in total. The van der Waals surface area contributed by atoms with Crippen molar-refractivity contribution in [3.05, 3.63) is 83.4 Å². The molecular weight excluding hydrogens is 488 g/mol. The molecule has 1 fully saturated rings. The minimum Gasteiger partial charge on any atom is -0.368 e. The predicted molar refractivity (Wildman–Crippen MR) is 137 cm³/mol. The summed E-state index contributed by atoms with van der Waals surface area (Å²) in [7, 11) is 0. The molecule has 1 saturated carbocycles. The number of aromatic nitrogens is 5. The van der Waals surface area contributed by atoms with E-state index in [1.807, 2.05) is 18.2 Å². The maximum Gasteiger partial charge on any atom is 0.236 e. The Hall–Kier alpha value is -4.34. The number of fused-ring (bicyclic) bond motifs is 5. The maximum atomic E-state index is 14.5. The molecule has 6 rings (SSSR count). The Balaban J connectivity index is 1.41. The van der Waals surface area contributed by atoms with Crippen molar-refractivity contribution < 1.29 is 13.6 Å². The summed E-state index contributed by atoms with van der Waals surface area (Å²) >= 11 is 0. The van der Waals surface area contributed by atoms with Gasteiger partial charge in [0, 0.05) is 18.0 Å². The third-order valence-electron chi connectivity index (χ3n) is 8.16. The van der Waals surface area contributed by atoms with Crippen LogP contribution in [0.15, 0.2) is 54.9 Å². The quantitative estimate of drug-likeness (QED) is 0.393. The second-order valence-corrected chi connectivity index (χ2v) is 10.4. The highest BCUT2D eigenvalue weighted by Gasteiger charge is 2.65. The van der Waals surface area contributed by atoms with Gasteiger partial charge >= 0.3 is 0 Å². The molecule has 2 aliphatic rings. The van der Waals surface area contributed by atoms with E-state index in [1.165, 1.54) is 18.2 Å². The number of nitrogens with one attached hydrogen (secondary N) is 1. The summed E-state index contributed by atoms with van der Waals surface area (Å²) in [5.74, 6) is -1.39. The van der Waals surface area contributed by atoms with Gasteiger partial charge in [-0.1, -0.05) is 26.0 Å². The van der Waals surface area contributed by atoms with Crippen molar-refractivity contribution in [3.8, 4) is 22.5 Å². The average Bonchev–Trinajstić information content (AvgIpc) is 3.28. The van der Waals surface area contributed by atoms with Gasteiger partial charge in [-0.05, 0) is 60.1 Å². The normalized spacial score (nSPS) is 20.8. The van der Waals surface area contributed by atoms with Gasteiger partial charge in [-0.2, -0.15) is 5.10 Å². The summed E-state index contributed by atoms with van der Waals surface area (Å²) in [4.78, 5) is 24.6. The van der Waals surface area contributed by atoms with Gasteiger partial charge in [0.05, 0.1) is 40.3 Å². The van der Waals surface area contributed by atoms with Gasteiger partial charge in [0.1, 0.15) is 11.6 Å². The number of halogens is 2. The Labute approximate surface area is 217 Å². The first-order valence-corrected chi connectivity index (χ1v) is 12.4. The molecule has 2 aliphatic carbocycles. The maximum absolute atomic E-state index is 14.5. The minimum atomic E-state index is -0.663. The van der Waals surface area contributed by atoms with Crippen molar-refractivity contribution >= 4 is 11.9 Å². The Kier molecular flexibility index (Phi) is 5.44. The molecule has 192 valence electrons. The van der Waals surface area contributed by atoms with E-state index in [0.29, 0.717) is 11.6 Å². The molecule has 3 aromatic heterocycles. The molecule has 2 atom stereocenters. The van der Waals surface area contributed by atoms with Crippen LogP contribution in [0, 0.1) is 17.0 Å². The standard InChI is InChI=1S/C28H25F2N7O/c1-27(2)17-9-10-28(27,25-16(17)11-21(36-37-25)24-18(29)5-3-6-19(24)30)22-8-4-7-20(35-22)15-12-32-26(33-13-15)34-14-23(31)38/h3-8,11-13,17H,9-10,14H2,1-2H3,(H2,31,38)(H,32,33,34)/t17-,28-/m0/s1. The number of primary amides is 1. The highest BCUT2D eigenvalue weighted by Crippen LogP contribution is 2.69. The lowest BCUT2D eigenvalue weighted by Crippen LogP contribution is -2.37. The third kappa shape index (κ3) is 3.47. The summed E-state index contributed by atoms with van der Waals surface area (Å²) in [5.41, 5.74) is 8.49. The number of hydrogen-bond acceptors (Lipinski definition) is 7. The summed E-state index contributed by atoms with van der Waals surface area (Å²) in [6.07, 6.45) is 5.02. The summed E-state index contributed by atoms with van der Waals surface area (Å²) in [6, 6.07) is 11.4. The lowest BCUT2D eigenvalue weighted by Gasteiger charge is -2.37. The van der Waals surface area contributed by atoms with E-state index < -0.39 is 23.0 Å². The Morgan fingerprint density at radius 3 is 2.47 bits per heavy atom. The number of nitrogens with two attached hydrogens (primary N) is 1. The van der Waals surface area contributed by atoms with Crippen LogP contribution in [0.25, 0.3) is 22.5 Å². The zero-order valence-electron chi connectivity index (χ0n) is 20.9. The number of hydrogen-bond donors (Lipinski definition) is 2. The summed E-state index contributed by atoms with van der Waals surface area (Å²) in [6.45, 7) is 4.34. The van der Waals surface area contributed by atoms with Gasteiger partial charge in [0.25, 0.3) is 0 Å². The molecule has 0 spiro atoms. The number of anilines is 1. The number of amides is 1. The molecule has 38 heavy (non-hydrogen) atoms. The van der Waals surface area contributed by atoms with E-state index in [1.54, 1.807) is 18.5 Å². The predicted octanol–water partition coefficient (Wildman–Crippen LogP) is 4.37. The molecule has 0 radical (unpaired) electrons. The van der Waals surface area contributed by atoms with Gasteiger partial charge in [-0.25, -0.2) is 18.7 Å². The Morgan fingerprint density at radius 1 is 1.05 bits per heavy atom. The van der Waals surface area contributed by atoms with E-state index in [0.717, 1.165) is 35.4 Å². The van der Waals surface area contributed by atoms with E-state index >= 15 is 0 Å². The lowest BCUT2D eigenvalue weighted by molar-refractivity contribution is -0.116. The van der Waals surface area contributed by atoms with E-state index in [4.69, 9.17) is 10.7 Å². The molecule has 0 saturated heterocycles. The molecule has 1 aromatic carbocycles. The number of carbonyl (C=O) groups is 1. The van der Waals surface area contributed by atoms with Gasteiger partial charge in [0.2, 0.25) is 11.9 Å². The van der Waals surface area contributed by atoms with Gasteiger partial charge in [-0.15, -0.1) is 5.10 Å². The van der Waals surface area contributed by atoms with Crippen LogP contribution in [0.1, 0.15) is 49.6 Å². The average molecular weight is 514 g/mol. The van der Waals surface area contributed by atoms with E-state index in [2.05, 4.69) is 39.3 Å². The molecule has 8 nitrogen and oxygen atoms in total. The number of carbonyl (C=O) groups excluding carboxylic acids is 1. The van der Waals surface area contributed by atoms with Gasteiger partial charge in [-0.3, -0.25) is 9.78 Å². The Bertz CT molecular complexity index is 1550. The van der Waals surface area contributed by atoms with E-state index in [-0.39, 0.29) is 29.1 Å². The first kappa shape index (κ1) is 24.0. The SMILES string of the molecule is CC1(C)[C@H]2CC[C@]1(c1cccc(-c3cnc(NCC(N)=O)nc3)n1)c1nnc(-c3c(F)cccc3F)cc12. The van der Waals surface area contributed by atoms with Crippen molar-refractivity contribution in [1.82, 2.24) is 25.1 Å². The monoisotopic (exact) mass is 513 g/mol. The molecule has 0 aliphatic heterocycles. The number of benzene rings is 1. The van der Waals surface area contributed by atoms with Crippen molar-refractivity contribution in [1.29, 1.82) is 0 Å². The molecule has 4 aromatic rings. The fourth-order valence-corrected chi connectivity index (χ4v) is 6.31. The van der Waals surface area contributed by atoms with Gasteiger partial charge in [0.15, 0.2) is 0 Å². The molecule has 10 heteroatoms. The van der Waals surface area contributed by atoms with Crippen molar-refractivity contribution in [3.63, 3.8) is 0 Å². The third-order valence-corrected chi connectivity index (χ3v) is 8.16. The largest absolute Gasteiger partial charge is 0.368 e. The van der Waals surface area contributed by atoms with Crippen molar-refractivity contribution in [2.24, 2.45) is 11.1 Å². The fraction of sp³-hybridized carbons (Fsp3) is 0.286. The van der Waals surface area contributed by atoms with Crippen molar-refractivity contribution in [2.45, 2.75) is 38.0 Å². The van der Waals surface area contributed by atoms with E-state index in [9.17, 15) is 13.6 Å². The molecular formula is C28H25F2N7O.